The second kappa shape index (κ2) is 5.34. The van der Waals surface area contributed by atoms with Gasteiger partial charge >= 0.3 is 0 Å². The van der Waals surface area contributed by atoms with Crippen LogP contribution in [0.5, 0.6) is 0 Å². The lowest BCUT2D eigenvalue weighted by molar-refractivity contribution is 0.102. The van der Waals surface area contributed by atoms with Gasteiger partial charge in [0.1, 0.15) is 5.82 Å². The molecule has 21 heavy (non-hydrogen) atoms. The maximum atomic E-state index is 13.1. The molecular weight excluding hydrogens is 289 g/mol. The van der Waals surface area contributed by atoms with E-state index in [9.17, 15) is 9.18 Å². The van der Waals surface area contributed by atoms with Crippen LogP contribution in [0, 0.1) is 12.7 Å². The fraction of sp³-hybridized carbons (Fsp3) is 0.118. The van der Waals surface area contributed by atoms with E-state index in [1.807, 2.05) is 25.1 Å². The molecular formula is C17H13ClFNO. The monoisotopic (exact) mass is 301 g/mol. The molecule has 0 radical (unpaired) electrons. The smallest absolute Gasteiger partial charge is 0.180 e. The van der Waals surface area contributed by atoms with Gasteiger partial charge in [0.25, 0.3) is 0 Å². The Morgan fingerprint density at radius 2 is 1.90 bits per heavy atom. The van der Waals surface area contributed by atoms with Crippen LogP contribution in [0.4, 0.5) is 4.39 Å². The Morgan fingerprint density at radius 3 is 2.57 bits per heavy atom. The highest BCUT2D eigenvalue weighted by Crippen LogP contribution is 2.31. The molecule has 0 bridgehead atoms. The molecule has 0 saturated heterocycles. The first-order valence-corrected chi connectivity index (χ1v) is 7.11. The van der Waals surface area contributed by atoms with Crippen LogP contribution < -0.4 is 0 Å². The van der Waals surface area contributed by atoms with Gasteiger partial charge in [-0.3, -0.25) is 4.79 Å². The standard InChI is InChI=1S/C17H13ClFNO/c1-10-2-7-14-13(8-10)16(15(21)9-18)17(20-14)11-3-5-12(19)6-4-11/h2-8,20H,9H2,1H3. The van der Waals surface area contributed by atoms with Gasteiger partial charge in [-0.25, -0.2) is 4.39 Å². The second-order valence-electron chi connectivity index (χ2n) is 4.99. The van der Waals surface area contributed by atoms with Gasteiger partial charge in [0.15, 0.2) is 5.78 Å². The summed E-state index contributed by atoms with van der Waals surface area (Å²) >= 11 is 5.74. The number of aryl methyl sites for hydroxylation is 1. The normalized spacial score (nSPS) is 11.0. The van der Waals surface area contributed by atoms with E-state index in [4.69, 9.17) is 11.6 Å². The average Bonchev–Trinajstić information content (AvgIpc) is 2.85. The van der Waals surface area contributed by atoms with Gasteiger partial charge < -0.3 is 4.98 Å². The Kier molecular flexibility index (Phi) is 3.52. The van der Waals surface area contributed by atoms with Gasteiger partial charge in [-0.1, -0.05) is 11.6 Å². The molecule has 1 heterocycles. The highest BCUT2D eigenvalue weighted by Gasteiger charge is 2.19. The number of alkyl halides is 1. The lowest BCUT2D eigenvalue weighted by atomic mass is 10.0. The fourth-order valence-corrected chi connectivity index (χ4v) is 2.63. The molecule has 0 aliphatic carbocycles. The lowest BCUT2D eigenvalue weighted by Crippen LogP contribution is -2.01. The Balaban J connectivity index is 2.30. The van der Waals surface area contributed by atoms with Crippen LogP contribution in [-0.2, 0) is 0 Å². The number of carbonyl (C=O) groups excluding carboxylic acids is 1. The van der Waals surface area contributed by atoms with Gasteiger partial charge in [0, 0.05) is 10.9 Å². The lowest BCUT2D eigenvalue weighted by Gasteiger charge is -2.03. The van der Waals surface area contributed by atoms with E-state index in [-0.39, 0.29) is 17.5 Å². The molecule has 2 nitrogen and oxygen atoms in total. The van der Waals surface area contributed by atoms with Crippen molar-refractivity contribution in [2.24, 2.45) is 0 Å². The molecule has 0 aliphatic heterocycles. The van der Waals surface area contributed by atoms with E-state index < -0.39 is 0 Å². The fourth-order valence-electron chi connectivity index (χ4n) is 2.50. The van der Waals surface area contributed by atoms with E-state index >= 15 is 0 Å². The van der Waals surface area contributed by atoms with Crippen molar-refractivity contribution < 1.29 is 9.18 Å². The van der Waals surface area contributed by atoms with Crippen LogP contribution in [0.3, 0.4) is 0 Å². The Bertz CT molecular complexity index is 821. The molecule has 0 fully saturated rings. The minimum Gasteiger partial charge on any atom is -0.354 e. The second-order valence-corrected chi connectivity index (χ2v) is 5.25. The number of carbonyl (C=O) groups is 1. The van der Waals surface area contributed by atoms with Crippen LogP contribution in [0.25, 0.3) is 22.2 Å². The minimum atomic E-state index is -0.309. The van der Waals surface area contributed by atoms with Crippen LogP contribution in [0.1, 0.15) is 15.9 Å². The van der Waals surface area contributed by atoms with Crippen molar-refractivity contribution in [3.63, 3.8) is 0 Å². The number of H-pyrrole nitrogens is 1. The highest BCUT2D eigenvalue weighted by molar-refractivity contribution is 6.33. The number of aromatic amines is 1. The topological polar surface area (TPSA) is 32.9 Å². The maximum Gasteiger partial charge on any atom is 0.180 e. The number of aromatic nitrogens is 1. The number of Topliss-reactive ketones (excluding diaryl/α,β-unsaturated/α-hetero) is 1. The molecule has 0 atom stereocenters. The number of hydrogen-bond donors (Lipinski definition) is 1. The van der Waals surface area contributed by atoms with Crippen molar-refractivity contribution in [2.75, 3.05) is 5.88 Å². The Morgan fingerprint density at radius 1 is 1.19 bits per heavy atom. The zero-order valence-electron chi connectivity index (χ0n) is 11.4. The third-order valence-corrected chi connectivity index (χ3v) is 3.73. The molecule has 2 aromatic carbocycles. The summed E-state index contributed by atoms with van der Waals surface area (Å²) in [4.78, 5) is 15.5. The molecule has 1 aromatic heterocycles. The molecule has 3 rings (SSSR count). The molecule has 0 unspecified atom stereocenters. The molecule has 106 valence electrons. The van der Waals surface area contributed by atoms with Gasteiger partial charge in [-0.05, 0) is 48.9 Å². The van der Waals surface area contributed by atoms with E-state index in [0.29, 0.717) is 11.3 Å². The van der Waals surface area contributed by atoms with Crippen LogP contribution in [0.15, 0.2) is 42.5 Å². The van der Waals surface area contributed by atoms with Gasteiger partial charge in [0.2, 0.25) is 0 Å². The minimum absolute atomic E-state index is 0.0882. The molecule has 0 spiro atoms. The Hall–Kier alpha value is -2.13. The number of halogens is 2. The predicted molar refractivity (Wildman–Crippen MR) is 83.5 cm³/mol. The van der Waals surface area contributed by atoms with Crippen molar-refractivity contribution in [3.8, 4) is 11.3 Å². The van der Waals surface area contributed by atoms with E-state index in [1.54, 1.807) is 12.1 Å². The van der Waals surface area contributed by atoms with E-state index in [1.165, 1.54) is 12.1 Å². The molecule has 0 aliphatic rings. The summed E-state index contributed by atoms with van der Waals surface area (Å²) in [5.41, 5.74) is 3.94. The van der Waals surface area contributed by atoms with Gasteiger partial charge in [-0.15, -0.1) is 11.6 Å². The zero-order valence-corrected chi connectivity index (χ0v) is 12.2. The van der Waals surface area contributed by atoms with E-state index in [0.717, 1.165) is 22.0 Å². The summed E-state index contributed by atoms with van der Waals surface area (Å²) in [6.45, 7) is 1.97. The first-order valence-electron chi connectivity index (χ1n) is 6.57. The summed E-state index contributed by atoms with van der Waals surface area (Å²) in [6.07, 6.45) is 0. The number of nitrogens with one attached hydrogen (secondary N) is 1. The summed E-state index contributed by atoms with van der Waals surface area (Å²) in [7, 11) is 0. The van der Waals surface area contributed by atoms with Crippen molar-refractivity contribution in [1.82, 2.24) is 4.98 Å². The molecule has 0 saturated carbocycles. The summed E-state index contributed by atoms with van der Waals surface area (Å²) < 4.78 is 13.1. The molecule has 4 heteroatoms. The largest absolute Gasteiger partial charge is 0.354 e. The van der Waals surface area contributed by atoms with Crippen LogP contribution >= 0.6 is 11.6 Å². The number of benzene rings is 2. The number of fused-ring (bicyclic) bond motifs is 1. The first-order chi connectivity index (χ1) is 10.1. The quantitative estimate of drug-likeness (QED) is 0.552. The van der Waals surface area contributed by atoms with Crippen molar-refractivity contribution in [2.45, 2.75) is 6.92 Å². The van der Waals surface area contributed by atoms with E-state index in [2.05, 4.69) is 4.98 Å². The van der Waals surface area contributed by atoms with Crippen LogP contribution in [0.2, 0.25) is 0 Å². The molecule has 1 N–H and O–H groups in total. The van der Waals surface area contributed by atoms with Crippen molar-refractivity contribution >= 4 is 28.3 Å². The summed E-state index contributed by atoms with van der Waals surface area (Å²) in [5.74, 6) is -0.543. The van der Waals surface area contributed by atoms with Gasteiger partial charge in [0.05, 0.1) is 17.1 Å². The zero-order chi connectivity index (χ0) is 15.0. The summed E-state index contributed by atoms with van der Waals surface area (Å²) in [6, 6.07) is 11.9. The number of ketones is 1. The SMILES string of the molecule is Cc1ccc2[nH]c(-c3ccc(F)cc3)c(C(=O)CCl)c2c1. The first kappa shape index (κ1) is 13.8. The number of rotatable bonds is 3. The average molecular weight is 302 g/mol. The molecule has 3 aromatic rings. The number of hydrogen-bond acceptors (Lipinski definition) is 1. The van der Waals surface area contributed by atoms with Crippen molar-refractivity contribution in [1.29, 1.82) is 0 Å². The van der Waals surface area contributed by atoms with Crippen LogP contribution in [-0.4, -0.2) is 16.6 Å². The third-order valence-electron chi connectivity index (χ3n) is 3.49. The third kappa shape index (κ3) is 2.45. The van der Waals surface area contributed by atoms with Gasteiger partial charge in [-0.2, -0.15) is 0 Å². The highest BCUT2D eigenvalue weighted by atomic mass is 35.5. The summed E-state index contributed by atoms with van der Waals surface area (Å²) in [5, 5.41) is 0.847. The van der Waals surface area contributed by atoms with Crippen molar-refractivity contribution in [3.05, 3.63) is 59.4 Å². The maximum absolute atomic E-state index is 13.1. The molecule has 0 amide bonds. The Labute approximate surface area is 126 Å². The predicted octanol–water partition coefficient (Wildman–Crippen LogP) is 4.70.